The minimum atomic E-state index is -0.533. The Labute approximate surface area is 200 Å². The molecule has 3 rings (SSSR count). The number of ether oxygens (including phenoxy) is 2. The lowest BCUT2D eigenvalue weighted by molar-refractivity contribution is 0.0241. The molecule has 0 aliphatic heterocycles. The molecule has 176 valence electrons. The van der Waals surface area contributed by atoms with Crippen molar-refractivity contribution in [3.8, 4) is 5.88 Å². The van der Waals surface area contributed by atoms with E-state index in [1.807, 2.05) is 57.2 Å². The van der Waals surface area contributed by atoms with Crippen LogP contribution in [0.1, 0.15) is 33.3 Å². The zero-order valence-electron chi connectivity index (χ0n) is 20.0. The summed E-state index contributed by atoms with van der Waals surface area (Å²) < 4.78 is 14.5. The number of hydrogen-bond acceptors (Lipinski definition) is 6. The molecule has 0 aliphatic carbocycles. The second kappa shape index (κ2) is 11.4. The van der Waals surface area contributed by atoms with E-state index in [2.05, 4.69) is 34.8 Å². The van der Waals surface area contributed by atoms with E-state index in [4.69, 9.17) is 9.47 Å². The van der Waals surface area contributed by atoms with Crippen LogP contribution in [0.4, 0.5) is 4.79 Å². The van der Waals surface area contributed by atoms with Gasteiger partial charge in [-0.3, -0.25) is 4.72 Å². The van der Waals surface area contributed by atoms with E-state index in [0.717, 1.165) is 22.1 Å². The number of fused-ring (bicyclic) bond motifs is 1. The van der Waals surface area contributed by atoms with Crippen LogP contribution in [0.2, 0.25) is 0 Å². The van der Waals surface area contributed by atoms with Crippen LogP contribution < -0.4 is 9.46 Å². The summed E-state index contributed by atoms with van der Waals surface area (Å²) in [5.74, 6) is 0.622. The maximum atomic E-state index is 12.8. The van der Waals surface area contributed by atoms with Crippen LogP contribution in [0, 0.1) is 0 Å². The molecule has 7 heteroatoms. The summed E-state index contributed by atoms with van der Waals surface area (Å²) >= 11 is 1.55. The largest absolute Gasteiger partial charge is 0.481 e. The number of benzene rings is 2. The molecule has 0 radical (unpaired) electrons. The molecule has 0 unspecified atom stereocenters. The first-order valence-corrected chi connectivity index (χ1v) is 11.9. The quantitative estimate of drug-likeness (QED) is 0.407. The lowest BCUT2D eigenvalue weighted by atomic mass is 10.1. The average molecular weight is 468 g/mol. The number of nitrogens with one attached hydrogen (secondary N) is 1. The molecular weight excluding hydrogens is 434 g/mol. The number of hydrogen-bond donors (Lipinski definition) is 1. The molecule has 0 aliphatic rings. The van der Waals surface area contributed by atoms with Crippen molar-refractivity contribution in [2.45, 2.75) is 50.7 Å². The first-order valence-electron chi connectivity index (χ1n) is 11.1. The maximum absolute atomic E-state index is 12.8. The second-order valence-electron chi connectivity index (χ2n) is 8.99. The number of nitrogens with zero attached hydrogens (tertiary/aromatic N) is 2. The Bertz CT molecular complexity index is 1050. The first-order chi connectivity index (χ1) is 15.7. The molecule has 1 N–H and O–H groups in total. The van der Waals surface area contributed by atoms with E-state index in [0.29, 0.717) is 19.0 Å². The van der Waals surface area contributed by atoms with Gasteiger partial charge in [-0.2, -0.15) is 0 Å². The molecule has 2 aromatic carbocycles. The molecule has 33 heavy (non-hydrogen) atoms. The summed E-state index contributed by atoms with van der Waals surface area (Å²) in [6, 6.07) is 18.4. The van der Waals surface area contributed by atoms with Crippen LogP contribution in [0.5, 0.6) is 5.88 Å². The molecule has 0 saturated carbocycles. The predicted molar refractivity (Wildman–Crippen MR) is 135 cm³/mol. The van der Waals surface area contributed by atoms with Crippen molar-refractivity contribution in [1.29, 1.82) is 0 Å². The summed E-state index contributed by atoms with van der Waals surface area (Å²) in [5, 5.41) is 2.05. The van der Waals surface area contributed by atoms with Crippen molar-refractivity contribution in [3.63, 3.8) is 0 Å². The zero-order valence-corrected chi connectivity index (χ0v) is 20.8. The van der Waals surface area contributed by atoms with Crippen molar-refractivity contribution < 1.29 is 14.3 Å². The summed E-state index contributed by atoms with van der Waals surface area (Å²) in [5.41, 5.74) is 0.663. The molecule has 0 fully saturated rings. The molecule has 3 aromatic rings. The molecule has 1 aromatic heterocycles. The van der Waals surface area contributed by atoms with Crippen molar-refractivity contribution in [1.82, 2.24) is 14.6 Å². The minimum absolute atomic E-state index is 0.0564. The number of amides is 1. The van der Waals surface area contributed by atoms with Crippen molar-refractivity contribution in [2.75, 3.05) is 20.2 Å². The monoisotopic (exact) mass is 467 g/mol. The molecule has 0 saturated heterocycles. The summed E-state index contributed by atoms with van der Waals surface area (Å²) in [7, 11) is 1.63. The standard InChI is InChI=1S/C26H33N3O3S/c1-19(28-33-22-11-12-23-21(17-22)13-15-27-24(23)31-5)18-29(25(30)32-26(2,3)4)16-14-20-9-7-6-8-10-20/h6-13,15,17,19,28H,14,16,18H2,1-5H3/t19-/m1/s1. The number of aromatic nitrogens is 1. The fourth-order valence-corrected chi connectivity index (χ4v) is 4.12. The van der Waals surface area contributed by atoms with E-state index in [-0.39, 0.29) is 12.1 Å². The molecule has 1 atom stereocenters. The fourth-order valence-electron chi connectivity index (χ4n) is 3.38. The van der Waals surface area contributed by atoms with Crippen molar-refractivity contribution in [2.24, 2.45) is 0 Å². The molecule has 0 bridgehead atoms. The van der Waals surface area contributed by atoms with Gasteiger partial charge in [-0.25, -0.2) is 9.78 Å². The third-order valence-electron chi connectivity index (χ3n) is 4.93. The molecular formula is C26H33N3O3S. The van der Waals surface area contributed by atoms with Gasteiger partial charge in [0.2, 0.25) is 5.88 Å². The molecule has 1 amide bonds. The maximum Gasteiger partial charge on any atom is 0.410 e. The van der Waals surface area contributed by atoms with Gasteiger partial charge in [-0.1, -0.05) is 30.3 Å². The SMILES string of the molecule is COc1nccc2cc(SN[C@H](C)CN(CCc3ccccc3)C(=O)OC(C)(C)C)ccc12. The highest BCUT2D eigenvalue weighted by Crippen LogP contribution is 2.27. The van der Waals surface area contributed by atoms with Gasteiger partial charge in [0.15, 0.2) is 0 Å². The number of carbonyl (C=O) groups excluding carboxylic acids is 1. The van der Waals surface area contributed by atoms with Gasteiger partial charge in [0.25, 0.3) is 0 Å². The Morgan fingerprint density at radius 2 is 1.91 bits per heavy atom. The van der Waals surface area contributed by atoms with E-state index >= 15 is 0 Å². The summed E-state index contributed by atoms with van der Waals surface area (Å²) in [6.45, 7) is 8.88. The third kappa shape index (κ3) is 7.65. The normalized spacial score (nSPS) is 12.4. The Morgan fingerprint density at radius 1 is 1.15 bits per heavy atom. The third-order valence-corrected chi connectivity index (χ3v) is 5.94. The van der Waals surface area contributed by atoms with Crippen LogP contribution in [-0.4, -0.2) is 47.8 Å². The first kappa shape index (κ1) is 24.9. The number of rotatable bonds is 9. The van der Waals surface area contributed by atoms with Crippen LogP contribution in [0.25, 0.3) is 10.8 Å². The van der Waals surface area contributed by atoms with Crippen LogP contribution in [0.15, 0.2) is 65.7 Å². The molecule has 6 nitrogen and oxygen atoms in total. The highest BCUT2D eigenvalue weighted by Gasteiger charge is 2.23. The van der Waals surface area contributed by atoms with Gasteiger partial charge in [0.05, 0.1) is 7.11 Å². The van der Waals surface area contributed by atoms with Gasteiger partial charge >= 0.3 is 6.09 Å². The van der Waals surface area contributed by atoms with E-state index in [9.17, 15) is 4.79 Å². The Morgan fingerprint density at radius 3 is 2.61 bits per heavy atom. The number of carbonyl (C=O) groups is 1. The predicted octanol–water partition coefficient (Wildman–Crippen LogP) is 5.71. The minimum Gasteiger partial charge on any atom is -0.481 e. The van der Waals surface area contributed by atoms with Gasteiger partial charge in [0.1, 0.15) is 5.60 Å². The zero-order chi connectivity index (χ0) is 23.8. The van der Waals surface area contributed by atoms with Crippen LogP contribution in [-0.2, 0) is 11.2 Å². The Kier molecular flexibility index (Phi) is 8.58. The van der Waals surface area contributed by atoms with Crippen molar-refractivity contribution >= 4 is 28.8 Å². The van der Waals surface area contributed by atoms with Gasteiger partial charge in [-0.05, 0) is 81.3 Å². The lowest BCUT2D eigenvalue weighted by Gasteiger charge is -2.29. The fraction of sp³-hybridized carbons (Fsp3) is 0.385. The van der Waals surface area contributed by atoms with E-state index in [1.54, 1.807) is 30.2 Å². The number of pyridine rings is 1. The second-order valence-corrected chi connectivity index (χ2v) is 9.90. The van der Waals surface area contributed by atoms with E-state index in [1.165, 1.54) is 5.56 Å². The number of methoxy groups -OCH3 is 1. The van der Waals surface area contributed by atoms with Gasteiger partial charge in [-0.15, -0.1) is 0 Å². The summed E-state index contributed by atoms with van der Waals surface area (Å²) in [6.07, 6.45) is 2.24. The Balaban J connectivity index is 1.62. The Hall–Kier alpha value is -2.77. The van der Waals surface area contributed by atoms with Crippen LogP contribution in [0.3, 0.4) is 0 Å². The molecule has 1 heterocycles. The van der Waals surface area contributed by atoms with E-state index < -0.39 is 5.60 Å². The van der Waals surface area contributed by atoms with Gasteiger partial charge in [0, 0.05) is 35.6 Å². The lowest BCUT2D eigenvalue weighted by Crippen LogP contribution is -2.44. The highest BCUT2D eigenvalue weighted by molar-refractivity contribution is 7.97. The topological polar surface area (TPSA) is 63.7 Å². The van der Waals surface area contributed by atoms with Gasteiger partial charge < -0.3 is 14.4 Å². The summed E-state index contributed by atoms with van der Waals surface area (Å²) in [4.78, 5) is 20.0. The average Bonchev–Trinajstić information content (AvgIpc) is 2.79. The smallest absolute Gasteiger partial charge is 0.410 e. The van der Waals surface area contributed by atoms with Crippen molar-refractivity contribution in [3.05, 3.63) is 66.4 Å². The highest BCUT2D eigenvalue weighted by atomic mass is 32.2. The van der Waals surface area contributed by atoms with Crippen LogP contribution >= 0.6 is 11.9 Å². The molecule has 0 spiro atoms.